The summed E-state index contributed by atoms with van der Waals surface area (Å²) in [7, 11) is -3.00. The van der Waals surface area contributed by atoms with Crippen LogP contribution in [0.3, 0.4) is 0 Å². The number of anilines is 2. The maximum atomic E-state index is 11.9. The van der Waals surface area contributed by atoms with Crippen molar-refractivity contribution in [3.63, 3.8) is 0 Å². The lowest BCUT2D eigenvalue weighted by Gasteiger charge is -2.16. The SMILES string of the molecule is O=S1(=O)CCC(Nc2nc(NCc3ccccc3Sc3ccccc3CO)nc3ccccc23)C1. The summed E-state index contributed by atoms with van der Waals surface area (Å²) in [6.45, 7) is 0.507. The largest absolute Gasteiger partial charge is 0.392 e. The zero-order valence-corrected chi connectivity index (χ0v) is 20.6. The predicted molar refractivity (Wildman–Crippen MR) is 140 cm³/mol. The zero-order valence-electron chi connectivity index (χ0n) is 19.0. The minimum atomic E-state index is -3.00. The van der Waals surface area contributed by atoms with Crippen molar-refractivity contribution in [2.45, 2.75) is 35.4 Å². The quantitative estimate of drug-likeness (QED) is 0.321. The first-order valence-corrected chi connectivity index (χ1v) is 14.1. The van der Waals surface area contributed by atoms with Gasteiger partial charge in [0, 0.05) is 27.8 Å². The molecule has 3 N–H and O–H groups in total. The van der Waals surface area contributed by atoms with Crippen LogP contribution in [0.25, 0.3) is 10.9 Å². The standard InChI is InChI=1S/C26H26N4O3S2/c31-16-19-8-2-6-12-24(19)34-23-11-5-1-7-18(23)15-27-26-29-22-10-4-3-9-21(22)25(30-26)28-20-13-14-35(32,33)17-20/h1-12,20,31H,13-17H2,(H2,27,28,29,30). The Morgan fingerprint density at radius 1 is 0.914 bits per heavy atom. The lowest BCUT2D eigenvalue weighted by molar-refractivity contribution is 0.279. The average molecular weight is 507 g/mol. The zero-order chi connectivity index (χ0) is 24.3. The van der Waals surface area contributed by atoms with Gasteiger partial charge in [-0.05, 0) is 41.8 Å². The Kier molecular flexibility index (Phi) is 6.90. The van der Waals surface area contributed by atoms with Gasteiger partial charge < -0.3 is 15.7 Å². The highest BCUT2D eigenvalue weighted by atomic mass is 32.2. The van der Waals surface area contributed by atoms with Crippen molar-refractivity contribution in [3.05, 3.63) is 83.9 Å². The molecule has 1 aliphatic rings. The monoisotopic (exact) mass is 506 g/mol. The normalized spacial score (nSPS) is 16.9. The van der Waals surface area contributed by atoms with Crippen LogP contribution in [0.1, 0.15) is 17.5 Å². The predicted octanol–water partition coefficient (Wildman–Crippen LogP) is 4.48. The summed E-state index contributed by atoms with van der Waals surface area (Å²) in [5.74, 6) is 1.43. The number of sulfone groups is 1. The van der Waals surface area contributed by atoms with E-state index in [9.17, 15) is 13.5 Å². The number of para-hydroxylation sites is 1. The van der Waals surface area contributed by atoms with Gasteiger partial charge in [-0.3, -0.25) is 0 Å². The number of nitrogens with zero attached hydrogens (tertiary/aromatic N) is 2. The fraction of sp³-hybridized carbons (Fsp3) is 0.231. The van der Waals surface area contributed by atoms with Gasteiger partial charge in [-0.15, -0.1) is 0 Å². The molecule has 0 saturated carbocycles. The van der Waals surface area contributed by atoms with Crippen LogP contribution in [-0.2, 0) is 23.0 Å². The molecular formula is C26H26N4O3S2. The Labute approximate surface area is 208 Å². The summed E-state index contributed by atoms with van der Waals surface area (Å²) < 4.78 is 23.8. The molecule has 35 heavy (non-hydrogen) atoms. The van der Waals surface area contributed by atoms with Gasteiger partial charge in [-0.25, -0.2) is 13.4 Å². The van der Waals surface area contributed by atoms with E-state index >= 15 is 0 Å². The molecule has 4 aromatic rings. The highest BCUT2D eigenvalue weighted by Crippen LogP contribution is 2.33. The van der Waals surface area contributed by atoms with Crippen molar-refractivity contribution in [3.8, 4) is 0 Å². The second kappa shape index (κ2) is 10.2. The van der Waals surface area contributed by atoms with Crippen LogP contribution in [0.5, 0.6) is 0 Å². The molecule has 0 amide bonds. The molecule has 2 heterocycles. The maximum absolute atomic E-state index is 11.9. The van der Waals surface area contributed by atoms with Gasteiger partial charge in [0.1, 0.15) is 5.82 Å². The van der Waals surface area contributed by atoms with E-state index in [2.05, 4.69) is 27.8 Å². The molecule has 0 aliphatic carbocycles. The van der Waals surface area contributed by atoms with Gasteiger partial charge >= 0.3 is 0 Å². The van der Waals surface area contributed by atoms with Crippen molar-refractivity contribution >= 4 is 44.3 Å². The van der Waals surface area contributed by atoms with Crippen molar-refractivity contribution in [1.82, 2.24) is 9.97 Å². The number of hydrogen-bond acceptors (Lipinski definition) is 8. The fourth-order valence-corrected chi connectivity index (χ4v) is 6.88. The Bertz CT molecular complexity index is 1460. The number of rotatable bonds is 8. The van der Waals surface area contributed by atoms with E-state index < -0.39 is 9.84 Å². The smallest absolute Gasteiger partial charge is 0.225 e. The van der Waals surface area contributed by atoms with Crippen LogP contribution >= 0.6 is 11.8 Å². The lowest BCUT2D eigenvalue weighted by atomic mass is 10.2. The van der Waals surface area contributed by atoms with Gasteiger partial charge in [-0.1, -0.05) is 60.3 Å². The topological polar surface area (TPSA) is 104 Å². The molecule has 9 heteroatoms. The van der Waals surface area contributed by atoms with Crippen molar-refractivity contribution in [2.75, 3.05) is 22.1 Å². The van der Waals surface area contributed by atoms with E-state index in [1.165, 1.54) is 0 Å². The van der Waals surface area contributed by atoms with Gasteiger partial charge in [0.05, 0.1) is 23.6 Å². The summed E-state index contributed by atoms with van der Waals surface area (Å²) >= 11 is 1.62. The van der Waals surface area contributed by atoms with Crippen LogP contribution in [0.15, 0.2) is 82.6 Å². The van der Waals surface area contributed by atoms with E-state index in [0.29, 0.717) is 24.7 Å². The van der Waals surface area contributed by atoms with Gasteiger partial charge in [0.2, 0.25) is 5.95 Å². The van der Waals surface area contributed by atoms with Crippen LogP contribution in [-0.4, -0.2) is 41.0 Å². The molecule has 1 aliphatic heterocycles. The Hall–Kier alpha value is -3.14. The summed E-state index contributed by atoms with van der Waals surface area (Å²) in [5, 5.41) is 17.2. The molecule has 180 valence electrons. The van der Waals surface area contributed by atoms with Crippen molar-refractivity contribution < 1.29 is 13.5 Å². The van der Waals surface area contributed by atoms with Crippen LogP contribution < -0.4 is 10.6 Å². The lowest BCUT2D eigenvalue weighted by Crippen LogP contribution is -2.22. The van der Waals surface area contributed by atoms with Gasteiger partial charge in [-0.2, -0.15) is 4.98 Å². The number of nitrogens with one attached hydrogen (secondary N) is 2. The molecule has 7 nitrogen and oxygen atoms in total. The molecule has 1 unspecified atom stereocenters. The molecule has 5 rings (SSSR count). The molecule has 0 radical (unpaired) electrons. The summed E-state index contributed by atoms with van der Waals surface area (Å²) in [5.41, 5.74) is 2.76. The third-order valence-electron chi connectivity index (χ3n) is 5.95. The van der Waals surface area contributed by atoms with Gasteiger partial charge in [0.25, 0.3) is 0 Å². The van der Waals surface area contributed by atoms with E-state index in [0.717, 1.165) is 31.8 Å². The second-order valence-corrected chi connectivity index (χ2v) is 11.8. The number of hydrogen-bond donors (Lipinski definition) is 3. The van der Waals surface area contributed by atoms with Crippen LogP contribution in [0, 0.1) is 0 Å². The number of benzene rings is 3. The fourth-order valence-electron chi connectivity index (χ4n) is 4.14. The Morgan fingerprint density at radius 3 is 2.34 bits per heavy atom. The van der Waals surface area contributed by atoms with E-state index in [1.807, 2.05) is 60.7 Å². The summed E-state index contributed by atoms with van der Waals surface area (Å²) in [6.07, 6.45) is 0.573. The molecule has 3 aromatic carbocycles. The minimum absolute atomic E-state index is 0.00735. The molecule has 0 spiro atoms. The number of fused-ring (bicyclic) bond motifs is 1. The second-order valence-electron chi connectivity index (χ2n) is 8.49. The molecular weight excluding hydrogens is 480 g/mol. The van der Waals surface area contributed by atoms with E-state index in [1.54, 1.807) is 11.8 Å². The highest BCUT2D eigenvalue weighted by Gasteiger charge is 2.28. The first-order chi connectivity index (χ1) is 17.0. The Balaban J connectivity index is 1.38. The summed E-state index contributed by atoms with van der Waals surface area (Å²) in [4.78, 5) is 11.5. The highest BCUT2D eigenvalue weighted by molar-refractivity contribution is 7.99. The van der Waals surface area contributed by atoms with Crippen molar-refractivity contribution in [2.24, 2.45) is 0 Å². The van der Waals surface area contributed by atoms with Gasteiger partial charge in [0.15, 0.2) is 9.84 Å². The number of aliphatic hydroxyl groups excluding tert-OH is 1. The van der Waals surface area contributed by atoms with Crippen molar-refractivity contribution in [1.29, 1.82) is 0 Å². The first kappa shape index (κ1) is 23.6. The Morgan fingerprint density at radius 2 is 1.60 bits per heavy atom. The average Bonchev–Trinajstić information content (AvgIpc) is 3.21. The molecule has 1 fully saturated rings. The molecule has 1 atom stereocenters. The molecule has 1 saturated heterocycles. The number of aliphatic hydroxyl groups is 1. The van der Waals surface area contributed by atoms with E-state index in [4.69, 9.17) is 4.98 Å². The third kappa shape index (κ3) is 5.58. The minimum Gasteiger partial charge on any atom is -0.392 e. The van der Waals surface area contributed by atoms with Crippen LogP contribution in [0.2, 0.25) is 0 Å². The maximum Gasteiger partial charge on any atom is 0.225 e. The number of aromatic nitrogens is 2. The third-order valence-corrected chi connectivity index (χ3v) is 8.95. The first-order valence-electron chi connectivity index (χ1n) is 11.4. The molecule has 0 bridgehead atoms. The summed E-state index contributed by atoms with van der Waals surface area (Å²) in [6, 6.07) is 23.5. The van der Waals surface area contributed by atoms with Crippen LogP contribution in [0.4, 0.5) is 11.8 Å². The van der Waals surface area contributed by atoms with E-state index in [-0.39, 0.29) is 24.2 Å². The molecule has 1 aromatic heterocycles.